The largest absolute Gasteiger partial charge is 0.486 e. The summed E-state index contributed by atoms with van der Waals surface area (Å²) in [5.41, 5.74) is 0. The van der Waals surface area contributed by atoms with Crippen LogP contribution in [0.2, 0.25) is 0 Å². The number of carbonyl (C=O) groups excluding carboxylic acids is 1. The van der Waals surface area contributed by atoms with Crippen molar-refractivity contribution in [2.45, 2.75) is 37.6 Å². The first-order valence-corrected chi connectivity index (χ1v) is 9.54. The van der Waals surface area contributed by atoms with Gasteiger partial charge in [-0.3, -0.25) is 9.00 Å². The number of hydrogen-bond acceptors (Lipinski definition) is 5. The lowest BCUT2D eigenvalue weighted by Gasteiger charge is -2.20. The maximum Gasteiger partial charge on any atom is 0.326 e. The van der Waals surface area contributed by atoms with Gasteiger partial charge in [0.2, 0.25) is 5.91 Å². The Morgan fingerprint density at radius 3 is 2.60 bits per heavy atom. The molecule has 1 aromatic rings. The van der Waals surface area contributed by atoms with E-state index in [2.05, 4.69) is 5.32 Å². The van der Waals surface area contributed by atoms with Crippen LogP contribution in [-0.2, 0) is 20.4 Å². The molecule has 7 nitrogen and oxygen atoms in total. The lowest BCUT2D eigenvalue weighted by molar-refractivity contribution is -0.143. The number of carboxylic acids is 1. The Labute approximate surface area is 149 Å². The van der Waals surface area contributed by atoms with E-state index in [1.807, 2.05) is 6.92 Å². The third-order valence-corrected chi connectivity index (χ3v) is 5.44. The third kappa shape index (κ3) is 5.19. The molecule has 8 heteroatoms. The Hall–Kier alpha value is -2.09. The zero-order chi connectivity index (χ0) is 18.4. The van der Waals surface area contributed by atoms with E-state index in [1.54, 1.807) is 25.1 Å². The van der Waals surface area contributed by atoms with Gasteiger partial charge in [0.1, 0.15) is 19.3 Å². The van der Waals surface area contributed by atoms with Gasteiger partial charge in [0.25, 0.3) is 0 Å². The summed E-state index contributed by atoms with van der Waals surface area (Å²) < 4.78 is 23.2. The molecule has 25 heavy (non-hydrogen) atoms. The maximum absolute atomic E-state index is 12.4. The second-order valence-corrected chi connectivity index (χ2v) is 7.44. The highest BCUT2D eigenvalue weighted by Gasteiger charge is 2.25. The van der Waals surface area contributed by atoms with Crippen molar-refractivity contribution in [3.63, 3.8) is 0 Å². The smallest absolute Gasteiger partial charge is 0.326 e. The minimum Gasteiger partial charge on any atom is -0.486 e. The van der Waals surface area contributed by atoms with Crippen LogP contribution in [0.15, 0.2) is 23.1 Å². The number of aliphatic carboxylic acids is 1. The SMILES string of the molecule is CC[C@H](C)[C@H](NC(=O)CCS(=O)c1ccc2c(c1)OCCO2)C(=O)O. The fourth-order valence-corrected chi connectivity index (χ4v) is 3.46. The second kappa shape index (κ2) is 8.84. The molecule has 2 rings (SSSR count). The molecule has 0 fully saturated rings. The summed E-state index contributed by atoms with van der Waals surface area (Å²) in [6.07, 6.45) is 0.627. The summed E-state index contributed by atoms with van der Waals surface area (Å²) in [7, 11) is -1.38. The standard InChI is InChI=1S/C17H23NO6S/c1-3-11(2)16(17(20)21)18-15(19)6-9-25(22)12-4-5-13-14(10-12)24-8-7-23-13/h4-5,10-11,16H,3,6-9H2,1-2H3,(H,18,19)(H,20,21)/t11-,16-,25?/m0/s1. The van der Waals surface area contributed by atoms with Crippen LogP contribution in [0.5, 0.6) is 11.5 Å². The van der Waals surface area contributed by atoms with Gasteiger partial charge in [-0.05, 0) is 18.1 Å². The summed E-state index contributed by atoms with van der Waals surface area (Å²) in [5.74, 6) is -0.385. The molecule has 1 unspecified atom stereocenters. The van der Waals surface area contributed by atoms with Gasteiger partial charge in [0.15, 0.2) is 11.5 Å². The van der Waals surface area contributed by atoms with Gasteiger partial charge in [-0.15, -0.1) is 0 Å². The van der Waals surface area contributed by atoms with Crippen molar-refractivity contribution < 1.29 is 28.4 Å². The number of amides is 1. The Balaban J connectivity index is 1.90. The van der Waals surface area contributed by atoms with E-state index in [9.17, 15) is 18.9 Å². The monoisotopic (exact) mass is 369 g/mol. The highest BCUT2D eigenvalue weighted by molar-refractivity contribution is 7.85. The number of benzene rings is 1. The van der Waals surface area contributed by atoms with Crippen LogP contribution in [-0.4, -0.2) is 46.2 Å². The van der Waals surface area contributed by atoms with E-state index < -0.39 is 28.7 Å². The number of fused-ring (bicyclic) bond motifs is 1. The maximum atomic E-state index is 12.4. The molecule has 0 radical (unpaired) electrons. The molecule has 0 aliphatic carbocycles. The lowest BCUT2D eigenvalue weighted by Crippen LogP contribution is -2.45. The van der Waals surface area contributed by atoms with Crippen molar-refractivity contribution in [3.05, 3.63) is 18.2 Å². The van der Waals surface area contributed by atoms with Gasteiger partial charge < -0.3 is 19.9 Å². The van der Waals surface area contributed by atoms with Crippen molar-refractivity contribution in [3.8, 4) is 11.5 Å². The summed E-state index contributed by atoms with van der Waals surface area (Å²) in [5, 5.41) is 11.7. The van der Waals surface area contributed by atoms with Crippen LogP contribution >= 0.6 is 0 Å². The fraction of sp³-hybridized carbons (Fsp3) is 0.529. The molecule has 1 aromatic carbocycles. The number of nitrogens with one attached hydrogen (secondary N) is 1. The van der Waals surface area contributed by atoms with E-state index in [1.165, 1.54) is 0 Å². The van der Waals surface area contributed by atoms with Crippen LogP contribution in [0.25, 0.3) is 0 Å². The molecule has 0 aromatic heterocycles. The van der Waals surface area contributed by atoms with E-state index >= 15 is 0 Å². The number of carboxylic acid groups (broad SMARTS) is 1. The summed E-state index contributed by atoms with van der Waals surface area (Å²) in [6.45, 7) is 4.56. The Morgan fingerprint density at radius 2 is 1.96 bits per heavy atom. The third-order valence-electron chi connectivity index (χ3n) is 4.09. The van der Waals surface area contributed by atoms with Crippen LogP contribution in [0.1, 0.15) is 26.7 Å². The number of carbonyl (C=O) groups is 2. The first-order valence-electron chi connectivity index (χ1n) is 8.22. The summed E-state index contributed by atoms with van der Waals surface area (Å²) >= 11 is 0. The van der Waals surface area contributed by atoms with E-state index in [4.69, 9.17) is 9.47 Å². The molecule has 1 heterocycles. The molecule has 2 N–H and O–H groups in total. The highest BCUT2D eigenvalue weighted by atomic mass is 32.2. The van der Waals surface area contributed by atoms with Gasteiger partial charge in [-0.1, -0.05) is 20.3 Å². The van der Waals surface area contributed by atoms with Gasteiger partial charge in [0.05, 0.1) is 10.8 Å². The molecular formula is C17H23NO6S. The molecule has 3 atom stereocenters. The van der Waals surface area contributed by atoms with Crippen molar-refractivity contribution in [2.24, 2.45) is 5.92 Å². The van der Waals surface area contributed by atoms with Gasteiger partial charge in [0, 0.05) is 23.1 Å². The minimum absolute atomic E-state index is 0.0126. The Bertz CT molecular complexity index is 663. The summed E-state index contributed by atoms with van der Waals surface area (Å²) in [6, 6.07) is 4.11. The highest BCUT2D eigenvalue weighted by Crippen LogP contribution is 2.31. The zero-order valence-electron chi connectivity index (χ0n) is 14.3. The normalized spacial score (nSPS) is 16.6. The van der Waals surface area contributed by atoms with Crippen LogP contribution in [0.3, 0.4) is 0 Å². The lowest BCUT2D eigenvalue weighted by atomic mass is 9.99. The molecule has 1 amide bonds. The fourth-order valence-electron chi connectivity index (χ4n) is 2.40. The van der Waals surface area contributed by atoms with Crippen molar-refractivity contribution >= 4 is 22.7 Å². The van der Waals surface area contributed by atoms with Gasteiger partial charge in [-0.25, -0.2) is 4.79 Å². The van der Waals surface area contributed by atoms with Crippen molar-refractivity contribution in [1.82, 2.24) is 5.32 Å². The van der Waals surface area contributed by atoms with E-state index in [0.29, 0.717) is 36.0 Å². The Kier molecular flexibility index (Phi) is 6.81. The number of ether oxygens (including phenoxy) is 2. The molecular weight excluding hydrogens is 346 g/mol. The Morgan fingerprint density at radius 1 is 1.28 bits per heavy atom. The average Bonchev–Trinajstić information content (AvgIpc) is 2.62. The quantitative estimate of drug-likeness (QED) is 0.721. The molecule has 0 bridgehead atoms. The predicted octanol–water partition coefficient (Wildman–Crippen LogP) is 1.57. The number of hydrogen-bond donors (Lipinski definition) is 2. The van der Waals surface area contributed by atoms with E-state index in [0.717, 1.165) is 0 Å². The van der Waals surface area contributed by atoms with Gasteiger partial charge in [-0.2, -0.15) is 0 Å². The minimum atomic E-state index is -1.38. The van der Waals surface area contributed by atoms with Crippen molar-refractivity contribution in [2.75, 3.05) is 19.0 Å². The predicted molar refractivity (Wildman–Crippen MR) is 92.3 cm³/mol. The van der Waals surface area contributed by atoms with E-state index in [-0.39, 0.29) is 18.1 Å². The second-order valence-electron chi connectivity index (χ2n) is 5.87. The molecule has 0 saturated heterocycles. The molecule has 1 aliphatic heterocycles. The van der Waals surface area contributed by atoms with Crippen molar-refractivity contribution in [1.29, 1.82) is 0 Å². The molecule has 0 spiro atoms. The topological polar surface area (TPSA) is 102 Å². The molecule has 0 saturated carbocycles. The first-order chi connectivity index (χ1) is 11.9. The number of rotatable bonds is 8. The van der Waals surface area contributed by atoms with Crippen LogP contribution < -0.4 is 14.8 Å². The molecule has 138 valence electrons. The van der Waals surface area contributed by atoms with Gasteiger partial charge >= 0.3 is 5.97 Å². The average molecular weight is 369 g/mol. The molecule has 1 aliphatic rings. The summed E-state index contributed by atoms with van der Waals surface area (Å²) in [4.78, 5) is 23.8. The van der Waals surface area contributed by atoms with Crippen LogP contribution in [0, 0.1) is 5.92 Å². The first kappa shape index (κ1) is 19.2. The zero-order valence-corrected chi connectivity index (χ0v) is 15.1. The van der Waals surface area contributed by atoms with Crippen LogP contribution in [0.4, 0.5) is 0 Å².